The van der Waals surface area contributed by atoms with Crippen LogP contribution in [-0.2, 0) is 0 Å². The predicted molar refractivity (Wildman–Crippen MR) is 37.0 cm³/mol. The number of nitrogens with two attached hydrogens (primary N) is 1. The molecule has 0 spiro atoms. The van der Waals surface area contributed by atoms with Crippen molar-refractivity contribution in [3.63, 3.8) is 0 Å². The van der Waals surface area contributed by atoms with Crippen LogP contribution in [0.2, 0.25) is 0 Å². The number of nitrogen functional groups attached to an aromatic ring is 1. The van der Waals surface area contributed by atoms with Gasteiger partial charge in [0, 0.05) is 10.7 Å². The number of halogens is 1. The molecule has 1 aromatic heterocycles. The van der Waals surface area contributed by atoms with Crippen LogP contribution in [0.15, 0.2) is 16.7 Å². The van der Waals surface area contributed by atoms with Crippen molar-refractivity contribution in [2.75, 3.05) is 5.84 Å². The molecule has 0 radical (unpaired) electrons. The van der Waals surface area contributed by atoms with Gasteiger partial charge in [0.05, 0.1) is 5.69 Å². The highest BCUT2D eigenvalue weighted by Gasteiger charge is 1.94. The van der Waals surface area contributed by atoms with Gasteiger partial charge in [0.1, 0.15) is 0 Å². The van der Waals surface area contributed by atoms with Gasteiger partial charge in [0.2, 0.25) is 0 Å². The van der Waals surface area contributed by atoms with E-state index in [-0.39, 0.29) is 0 Å². The van der Waals surface area contributed by atoms with Crippen LogP contribution in [0, 0.1) is 6.92 Å². The summed E-state index contributed by atoms with van der Waals surface area (Å²) in [5.74, 6) is 5.43. The first-order valence-electron chi connectivity index (χ1n) is 2.30. The molecule has 0 atom stereocenters. The molecule has 1 heterocycles. The number of hydrogen-bond acceptors (Lipinski definition) is 1. The maximum atomic E-state index is 5.43. The van der Waals surface area contributed by atoms with Crippen LogP contribution < -0.4 is 5.84 Å². The van der Waals surface area contributed by atoms with Crippen molar-refractivity contribution >= 4 is 15.9 Å². The zero-order valence-corrected chi connectivity index (χ0v) is 6.14. The molecule has 0 aliphatic heterocycles. The molecular weight excluding hydrogens is 168 g/mol. The monoisotopic (exact) mass is 174 g/mol. The molecule has 0 aromatic carbocycles. The molecule has 0 saturated carbocycles. The van der Waals surface area contributed by atoms with E-state index in [0.29, 0.717) is 0 Å². The van der Waals surface area contributed by atoms with Crippen LogP contribution in [-0.4, -0.2) is 4.68 Å². The topological polar surface area (TPSA) is 30.9 Å². The minimum Gasteiger partial charge on any atom is -0.339 e. The SMILES string of the molecule is Cc1c(Br)ccn1N. The highest BCUT2D eigenvalue weighted by Crippen LogP contribution is 2.13. The summed E-state index contributed by atoms with van der Waals surface area (Å²) in [7, 11) is 0. The summed E-state index contributed by atoms with van der Waals surface area (Å²) in [5, 5.41) is 0. The van der Waals surface area contributed by atoms with Crippen LogP contribution in [0.3, 0.4) is 0 Å². The fraction of sp³-hybridized carbons (Fsp3) is 0.200. The van der Waals surface area contributed by atoms with Crippen LogP contribution >= 0.6 is 15.9 Å². The van der Waals surface area contributed by atoms with Crippen molar-refractivity contribution in [1.29, 1.82) is 0 Å². The molecule has 0 fully saturated rings. The normalized spacial score (nSPS) is 9.75. The summed E-state index contributed by atoms with van der Waals surface area (Å²) in [5.41, 5.74) is 1.05. The lowest BCUT2D eigenvalue weighted by atomic mass is 10.5. The van der Waals surface area contributed by atoms with Crippen molar-refractivity contribution in [3.8, 4) is 0 Å². The Bertz CT molecular complexity index is 173. The lowest BCUT2D eigenvalue weighted by Gasteiger charge is -1.92. The number of nitrogens with zero attached hydrogens (tertiary/aromatic N) is 1. The van der Waals surface area contributed by atoms with Gasteiger partial charge in [-0.1, -0.05) is 0 Å². The van der Waals surface area contributed by atoms with E-state index < -0.39 is 0 Å². The number of hydrogen-bond donors (Lipinski definition) is 1. The molecule has 1 aromatic rings. The Morgan fingerprint density at radius 1 is 1.75 bits per heavy atom. The minimum atomic E-state index is 1.05. The molecule has 0 aliphatic carbocycles. The number of rotatable bonds is 0. The van der Waals surface area contributed by atoms with Crippen LogP contribution in [0.25, 0.3) is 0 Å². The highest BCUT2D eigenvalue weighted by atomic mass is 79.9. The van der Waals surface area contributed by atoms with E-state index in [4.69, 9.17) is 5.84 Å². The van der Waals surface area contributed by atoms with Gasteiger partial charge in [-0.3, -0.25) is 4.68 Å². The molecule has 0 bridgehead atoms. The summed E-state index contributed by atoms with van der Waals surface area (Å²) < 4.78 is 2.63. The number of aromatic nitrogens is 1. The summed E-state index contributed by atoms with van der Waals surface area (Å²) in [6, 6.07) is 1.91. The fourth-order valence-corrected chi connectivity index (χ4v) is 0.824. The zero-order chi connectivity index (χ0) is 6.15. The maximum absolute atomic E-state index is 5.43. The van der Waals surface area contributed by atoms with Crippen molar-refractivity contribution in [1.82, 2.24) is 4.68 Å². The second-order valence-corrected chi connectivity index (χ2v) is 2.51. The maximum Gasteiger partial charge on any atom is 0.0502 e. The third-order valence-corrected chi connectivity index (χ3v) is 1.95. The third kappa shape index (κ3) is 0.733. The quantitative estimate of drug-likeness (QED) is 0.591. The molecule has 0 amide bonds. The van der Waals surface area contributed by atoms with Gasteiger partial charge < -0.3 is 5.84 Å². The Morgan fingerprint density at radius 3 is 2.50 bits per heavy atom. The van der Waals surface area contributed by atoms with Crippen molar-refractivity contribution in [3.05, 3.63) is 22.4 Å². The second-order valence-electron chi connectivity index (χ2n) is 1.66. The van der Waals surface area contributed by atoms with Gasteiger partial charge in [-0.15, -0.1) is 0 Å². The van der Waals surface area contributed by atoms with Crippen LogP contribution in [0.5, 0.6) is 0 Å². The molecule has 3 heteroatoms. The molecule has 44 valence electrons. The van der Waals surface area contributed by atoms with Crippen molar-refractivity contribution in [2.45, 2.75) is 6.92 Å². The van der Waals surface area contributed by atoms with Gasteiger partial charge in [-0.2, -0.15) is 0 Å². The van der Waals surface area contributed by atoms with Crippen molar-refractivity contribution < 1.29 is 0 Å². The third-order valence-electron chi connectivity index (χ3n) is 1.11. The minimum absolute atomic E-state index is 1.05. The largest absolute Gasteiger partial charge is 0.339 e. The van der Waals surface area contributed by atoms with E-state index in [1.807, 2.05) is 13.0 Å². The van der Waals surface area contributed by atoms with Gasteiger partial charge in [0.15, 0.2) is 0 Å². The van der Waals surface area contributed by atoms with Crippen molar-refractivity contribution in [2.24, 2.45) is 0 Å². The molecule has 0 unspecified atom stereocenters. The first-order valence-corrected chi connectivity index (χ1v) is 3.09. The van der Waals surface area contributed by atoms with Crippen LogP contribution in [0.4, 0.5) is 0 Å². The first kappa shape index (κ1) is 5.69. The van der Waals surface area contributed by atoms with Gasteiger partial charge in [-0.05, 0) is 28.9 Å². The van der Waals surface area contributed by atoms with Gasteiger partial charge in [0.25, 0.3) is 0 Å². The molecule has 2 nitrogen and oxygen atoms in total. The standard InChI is InChI=1S/C5H7BrN2/c1-4-5(6)2-3-8(4)7/h2-3H,7H2,1H3. The van der Waals surface area contributed by atoms with E-state index in [2.05, 4.69) is 15.9 Å². The average molecular weight is 175 g/mol. The summed E-state index contributed by atoms with van der Waals surface area (Å²) in [6.45, 7) is 1.95. The smallest absolute Gasteiger partial charge is 0.0502 e. The summed E-state index contributed by atoms with van der Waals surface area (Å²) in [6.07, 6.45) is 1.80. The van der Waals surface area contributed by atoms with E-state index in [0.717, 1.165) is 10.2 Å². The molecule has 1 rings (SSSR count). The second kappa shape index (κ2) is 1.82. The highest BCUT2D eigenvalue weighted by molar-refractivity contribution is 9.10. The Balaban J connectivity index is 3.19. The summed E-state index contributed by atoms with van der Waals surface area (Å²) in [4.78, 5) is 0. The van der Waals surface area contributed by atoms with Gasteiger partial charge in [-0.25, -0.2) is 0 Å². The molecule has 0 aliphatic rings. The lowest BCUT2D eigenvalue weighted by Crippen LogP contribution is -2.07. The lowest BCUT2D eigenvalue weighted by molar-refractivity contribution is 0.958. The Morgan fingerprint density at radius 2 is 2.38 bits per heavy atom. The first-order chi connectivity index (χ1) is 3.72. The van der Waals surface area contributed by atoms with E-state index in [1.165, 1.54) is 0 Å². The molecule has 8 heavy (non-hydrogen) atoms. The Kier molecular flexibility index (Phi) is 1.29. The summed E-state index contributed by atoms with van der Waals surface area (Å²) >= 11 is 3.32. The van der Waals surface area contributed by atoms with Crippen LogP contribution in [0.1, 0.15) is 5.69 Å². The Hall–Kier alpha value is -0.440. The van der Waals surface area contributed by atoms with E-state index >= 15 is 0 Å². The Labute approximate surface area is 56.4 Å². The zero-order valence-electron chi connectivity index (χ0n) is 4.56. The molecule has 2 N–H and O–H groups in total. The average Bonchev–Trinajstić information content (AvgIpc) is 1.98. The molecular formula is C5H7BrN2. The van der Waals surface area contributed by atoms with E-state index in [1.54, 1.807) is 10.9 Å². The molecule has 0 saturated heterocycles. The van der Waals surface area contributed by atoms with Gasteiger partial charge >= 0.3 is 0 Å². The fourth-order valence-electron chi connectivity index (χ4n) is 0.501. The predicted octanol–water partition coefficient (Wildman–Crippen LogP) is 1.27. The van der Waals surface area contributed by atoms with E-state index in [9.17, 15) is 0 Å².